The van der Waals surface area contributed by atoms with Crippen molar-refractivity contribution in [3.63, 3.8) is 0 Å². The number of carbonyl (C=O) groups excluding carboxylic acids is 2. The van der Waals surface area contributed by atoms with Crippen molar-refractivity contribution < 1.29 is 33.5 Å². The number of halogens is 1. The second-order valence-electron chi connectivity index (χ2n) is 10.6. The van der Waals surface area contributed by atoms with Gasteiger partial charge in [-0.2, -0.15) is 0 Å². The lowest BCUT2D eigenvalue weighted by Gasteiger charge is -2.55. The van der Waals surface area contributed by atoms with E-state index in [0.717, 1.165) is 0 Å². The van der Waals surface area contributed by atoms with Crippen molar-refractivity contribution in [2.24, 2.45) is 0 Å². The van der Waals surface area contributed by atoms with Gasteiger partial charge in [-0.1, -0.05) is 0 Å². The molecule has 12 heteroatoms. The van der Waals surface area contributed by atoms with E-state index in [1.807, 2.05) is 0 Å². The molecule has 0 bridgehead atoms. The number of carbonyl (C=O) groups is 2. The van der Waals surface area contributed by atoms with Crippen LogP contribution in [-0.4, -0.2) is 59.5 Å². The van der Waals surface area contributed by atoms with E-state index in [-0.39, 0.29) is 22.5 Å². The number of non-ortho nitro benzene ring substituents is 1. The van der Waals surface area contributed by atoms with E-state index in [4.69, 9.17) is 18.9 Å². The highest BCUT2D eigenvalue weighted by Gasteiger charge is 2.72. The number of anilines is 1. The molecule has 2 heterocycles. The van der Waals surface area contributed by atoms with Gasteiger partial charge in [-0.25, -0.2) is 0 Å². The van der Waals surface area contributed by atoms with Crippen LogP contribution >= 0.6 is 15.9 Å². The van der Waals surface area contributed by atoms with Gasteiger partial charge in [-0.05, 0) is 80.9 Å². The Labute approximate surface area is 228 Å². The lowest BCUT2D eigenvalue weighted by Crippen LogP contribution is -2.85. The Balaban J connectivity index is 1.84. The molecule has 38 heavy (non-hydrogen) atoms. The van der Waals surface area contributed by atoms with Gasteiger partial charge >= 0.3 is 0 Å². The molecule has 3 atom stereocenters. The summed E-state index contributed by atoms with van der Waals surface area (Å²) in [7, 11) is 1.54. The van der Waals surface area contributed by atoms with Crippen molar-refractivity contribution in [1.29, 1.82) is 0 Å². The summed E-state index contributed by atoms with van der Waals surface area (Å²) in [4.78, 5) is 40.2. The number of nitro benzene ring substituents is 1. The molecule has 2 aliphatic rings. The third-order valence-electron chi connectivity index (χ3n) is 6.19. The van der Waals surface area contributed by atoms with Crippen LogP contribution in [0, 0.1) is 10.1 Å². The number of amides is 2. The van der Waals surface area contributed by atoms with E-state index < -0.39 is 45.8 Å². The van der Waals surface area contributed by atoms with E-state index in [9.17, 15) is 19.7 Å². The molecule has 0 spiro atoms. The van der Waals surface area contributed by atoms with Gasteiger partial charge in [0.1, 0.15) is 23.6 Å². The number of rotatable bonds is 7. The molecule has 0 aromatic heterocycles. The highest BCUT2D eigenvalue weighted by atomic mass is 79.9. The Bertz CT molecular complexity index is 1260. The van der Waals surface area contributed by atoms with Gasteiger partial charge in [-0.15, -0.1) is 0 Å². The largest absolute Gasteiger partial charge is 0.497 e. The Kier molecular flexibility index (Phi) is 7.19. The van der Waals surface area contributed by atoms with E-state index in [0.29, 0.717) is 11.4 Å². The van der Waals surface area contributed by atoms with Gasteiger partial charge < -0.3 is 24.3 Å². The highest BCUT2D eigenvalue weighted by Crippen LogP contribution is 2.46. The summed E-state index contributed by atoms with van der Waals surface area (Å²) >= 11 is 3.29. The second kappa shape index (κ2) is 9.83. The first kappa shape index (κ1) is 27.8. The lowest BCUT2D eigenvalue weighted by atomic mass is 9.76. The second-order valence-corrected chi connectivity index (χ2v) is 11.5. The number of β-lactam (4-membered cyclic amide) rings is 1. The zero-order valence-corrected chi connectivity index (χ0v) is 23.5. The number of nitrogens with zero attached hydrogens (tertiary/aromatic N) is 2. The van der Waals surface area contributed by atoms with Crippen molar-refractivity contribution in [3.8, 4) is 11.5 Å². The SMILES string of the molecule is COc1ccc(N2C(=O)[C@@](Oc3ccc([N+](=O)[O-])cc3Br)(C(=O)NC(C)(C)C)[C@@H]2[C@H]2COC(C)(C)O2)cc1. The fraction of sp³-hybridized carbons (Fsp3) is 0.462. The molecule has 4 rings (SSSR count). The van der Waals surface area contributed by atoms with Crippen LogP contribution in [0.15, 0.2) is 46.9 Å². The van der Waals surface area contributed by atoms with Crippen molar-refractivity contribution in [2.45, 2.75) is 63.7 Å². The Morgan fingerprint density at radius 3 is 2.37 bits per heavy atom. The minimum Gasteiger partial charge on any atom is -0.497 e. The zero-order valence-electron chi connectivity index (χ0n) is 21.9. The normalized spacial score (nSPS) is 24.5. The first-order valence-electron chi connectivity index (χ1n) is 11.9. The van der Waals surface area contributed by atoms with Gasteiger partial charge in [-0.3, -0.25) is 24.6 Å². The van der Waals surface area contributed by atoms with Crippen LogP contribution in [0.5, 0.6) is 11.5 Å². The van der Waals surface area contributed by atoms with Crippen LogP contribution in [0.2, 0.25) is 0 Å². The molecule has 2 aromatic carbocycles. The summed E-state index contributed by atoms with van der Waals surface area (Å²) in [5.41, 5.74) is -2.42. The first-order chi connectivity index (χ1) is 17.7. The van der Waals surface area contributed by atoms with Gasteiger partial charge in [0, 0.05) is 23.4 Å². The maximum absolute atomic E-state index is 14.1. The van der Waals surface area contributed by atoms with E-state index in [1.54, 1.807) is 58.9 Å². The molecule has 0 saturated carbocycles. The molecule has 0 unspecified atom stereocenters. The summed E-state index contributed by atoms with van der Waals surface area (Å²) in [6.45, 7) is 8.97. The molecule has 204 valence electrons. The molecule has 2 aromatic rings. The standard InChI is InChI=1S/C26H30BrN3O8/c1-24(2,3)28-22(31)26(38-19-12-9-16(30(33)34)13-18(19)27)21(20-14-36-25(4,5)37-20)29(23(26)32)15-7-10-17(35-6)11-8-15/h7-13,20-21H,14H2,1-6H3,(H,28,31)/t20-,21+,26+/m1/s1. The number of hydrogen-bond donors (Lipinski definition) is 1. The molecule has 0 aliphatic carbocycles. The van der Waals surface area contributed by atoms with Crippen LogP contribution < -0.4 is 19.7 Å². The van der Waals surface area contributed by atoms with Crippen molar-refractivity contribution >= 4 is 39.1 Å². The molecule has 11 nitrogen and oxygen atoms in total. The summed E-state index contributed by atoms with van der Waals surface area (Å²) in [5, 5.41) is 14.1. The van der Waals surface area contributed by atoms with E-state index in [2.05, 4.69) is 21.2 Å². The molecule has 2 saturated heterocycles. The fourth-order valence-corrected chi connectivity index (χ4v) is 4.99. The topological polar surface area (TPSA) is 129 Å². The predicted octanol–water partition coefficient (Wildman–Crippen LogP) is 3.97. The predicted molar refractivity (Wildman–Crippen MR) is 141 cm³/mol. The van der Waals surface area contributed by atoms with Gasteiger partial charge in [0.2, 0.25) is 0 Å². The Morgan fingerprint density at radius 1 is 1.21 bits per heavy atom. The Morgan fingerprint density at radius 2 is 1.87 bits per heavy atom. The minimum atomic E-state index is -2.06. The smallest absolute Gasteiger partial charge is 0.287 e. The maximum Gasteiger partial charge on any atom is 0.287 e. The maximum atomic E-state index is 14.1. The lowest BCUT2D eigenvalue weighted by molar-refractivity contribution is -0.385. The van der Waals surface area contributed by atoms with Crippen LogP contribution in [0.3, 0.4) is 0 Å². The van der Waals surface area contributed by atoms with Gasteiger partial charge in [0.25, 0.3) is 23.1 Å². The monoisotopic (exact) mass is 591 g/mol. The van der Waals surface area contributed by atoms with Crippen LogP contribution in [-0.2, 0) is 19.1 Å². The van der Waals surface area contributed by atoms with E-state index in [1.165, 1.54) is 30.2 Å². The number of hydrogen-bond acceptors (Lipinski definition) is 8. The van der Waals surface area contributed by atoms with Crippen molar-refractivity contribution in [2.75, 3.05) is 18.6 Å². The quantitative estimate of drug-likeness (QED) is 0.221. The number of nitro groups is 1. The number of benzene rings is 2. The molecule has 0 radical (unpaired) electrons. The fourth-order valence-electron chi connectivity index (χ4n) is 4.54. The minimum absolute atomic E-state index is 0.0885. The average molecular weight is 592 g/mol. The van der Waals surface area contributed by atoms with Crippen LogP contribution in [0.4, 0.5) is 11.4 Å². The number of ether oxygens (including phenoxy) is 4. The number of methoxy groups -OCH3 is 1. The highest BCUT2D eigenvalue weighted by molar-refractivity contribution is 9.10. The molecular formula is C26H30BrN3O8. The van der Waals surface area contributed by atoms with Crippen molar-refractivity contribution in [1.82, 2.24) is 5.32 Å². The third kappa shape index (κ3) is 5.07. The zero-order chi connectivity index (χ0) is 28.0. The number of nitrogens with one attached hydrogen (secondary N) is 1. The first-order valence-corrected chi connectivity index (χ1v) is 12.7. The molecule has 2 fully saturated rings. The van der Waals surface area contributed by atoms with E-state index >= 15 is 0 Å². The van der Waals surface area contributed by atoms with Crippen molar-refractivity contribution in [3.05, 3.63) is 57.1 Å². The third-order valence-corrected chi connectivity index (χ3v) is 6.81. The molecule has 1 N–H and O–H groups in total. The van der Waals surface area contributed by atoms with Gasteiger partial charge in [0.05, 0.1) is 23.1 Å². The average Bonchev–Trinajstić information content (AvgIpc) is 3.18. The summed E-state index contributed by atoms with van der Waals surface area (Å²) < 4.78 is 23.7. The van der Waals surface area contributed by atoms with Gasteiger partial charge in [0.15, 0.2) is 5.79 Å². The Hall–Kier alpha value is -3.22. The van der Waals surface area contributed by atoms with Crippen LogP contribution in [0.1, 0.15) is 34.6 Å². The summed E-state index contributed by atoms with van der Waals surface area (Å²) in [6.07, 6.45) is -0.729. The summed E-state index contributed by atoms with van der Waals surface area (Å²) in [6, 6.07) is 9.74. The summed E-state index contributed by atoms with van der Waals surface area (Å²) in [5.74, 6) is -1.54. The molecule has 2 amide bonds. The molecule has 2 aliphatic heterocycles. The van der Waals surface area contributed by atoms with Crippen LogP contribution in [0.25, 0.3) is 0 Å². The molecular weight excluding hydrogens is 562 g/mol.